The normalized spacial score (nSPS) is 19.6. The fourth-order valence-electron chi connectivity index (χ4n) is 3.88. The van der Waals surface area contributed by atoms with Crippen molar-refractivity contribution in [1.82, 2.24) is 15.5 Å². The number of ether oxygens (including phenoxy) is 1. The minimum absolute atomic E-state index is 0. The Bertz CT molecular complexity index is 643. The Kier molecular flexibility index (Phi) is 9.34. The van der Waals surface area contributed by atoms with E-state index in [1.807, 2.05) is 12.1 Å². The van der Waals surface area contributed by atoms with E-state index >= 15 is 0 Å². The Balaban J connectivity index is 0.00000280. The summed E-state index contributed by atoms with van der Waals surface area (Å²) in [5.41, 5.74) is 1.26. The number of benzene rings is 1. The summed E-state index contributed by atoms with van der Waals surface area (Å²) in [4.78, 5) is 18.7. The summed E-state index contributed by atoms with van der Waals surface area (Å²) in [5, 5.41) is 6.71. The summed E-state index contributed by atoms with van der Waals surface area (Å²) < 4.78 is 5.97. The molecule has 1 saturated heterocycles. The van der Waals surface area contributed by atoms with Crippen LogP contribution in [0.2, 0.25) is 0 Å². The van der Waals surface area contributed by atoms with Crippen molar-refractivity contribution in [2.75, 3.05) is 26.2 Å². The highest BCUT2D eigenvalue weighted by molar-refractivity contribution is 14.0. The molecule has 2 aliphatic heterocycles. The van der Waals surface area contributed by atoms with Crippen LogP contribution < -0.4 is 15.4 Å². The number of hydrogen-bond acceptors (Lipinski definition) is 3. The van der Waals surface area contributed by atoms with E-state index in [1.165, 1.54) is 5.56 Å². The second-order valence-corrected chi connectivity index (χ2v) is 7.24. The third kappa shape index (κ3) is 5.99. The monoisotopic (exact) mass is 500 g/mol. The molecule has 28 heavy (non-hydrogen) atoms. The second-order valence-electron chi connectivity index (χ2n) is 7.24. The van der Waals surface area contributed by atoms with Gasteiger partial charge >= 0.3 is 0 Å². The number of para-hydroxylation sites is 1. The molecule has 0 bridgehead atoms. The van der Waals surface area contributed by atoms with Gasteiger partial charge in [-0.05, 0) is 37.8 Å². The number of nitrogens with zero attached hydrogens (tertiary/aromatic N) is 2. The first kappa shape index (κ1) is 22.8. The van der Waals surface area contributed by atoms with Gasteiger partial charge in [-0.3, -0.25) is 4.79 Å². The lowest BCUT2D eigenvalue weighted by Crippen LogP contribution is -2.42. The number of rotatable bonds is 8. The zero-order valence-corrected chi connectivity index (χ0v) is 19.3. The molecular weight excluding hydrogens is 467 g/mol. The van der Waals surface area contributed by atoms with Gasteiger partial charge in [-0.25, -0.2) is 4.99 Å². The quantitative estimate of drug-likeness (QED) is 0.327. The van der Waals surface area contributed by atoms with Crippen molar-refractivity contribution in [2.24, 2.45) is 4.99 Å². The van der Waals surface area contributed by atoms with Crippen LogP contribution >= 0.6 is 24.0 Å². The van der Waals surface area contributed by atoms with Crippen LogP contribution in [0.4, 0.5) is 0 Å². The van der Waals surface area contributed by atoms with E-state index in [0.29, 0.717) is 24.9 Å². The maximum atomic E-state index is 12.0. The Morgan fingerprint density at radius 2 is 2.14 bits per heavy atom. The largest absolute Gasteiger partial charge is 0.488 e. The number of guanidine groups is 1. The van der Waals surface area contributed by atoms with Crippen LogP contribution in [0, 0.1) is 0 Å². The lowest BCUT2D eigenvalue weighted by molar-refractivity contribution is -0.129. The summed E-state index contributed by atoms with van der Waals surface area (Å²) >= 11 is 0. The van der Waals surface area contributed by atoms with Crippen molar-refractivity contribution in [1.29, 1.82) is 0 Å². The molecule has 0 spiro atoms. The van der Waals surface area contributed by atoms with Crippen LogP contribution in [0.15, 0.2) is 29.3 Å². The third-order valence-electron chi connectivity index (χ3n) is 5.30. The van der Waals surface area contributed by atoms with Crippen molar-refractivity contribution < 1.29 is 9.53 Å². The Labute approximate surface area is 185 Å². The smallest absolute Gasteiger partial charge is 0.222 e. The summed E-state index contributed by atoms with van der Waals surface area (Å²) in [6.07, 6.45) is 4.65. The van der Waals surface area contributed by atoms with Crippen LogP contribution in [-0.4, -0.2) is 55.1 Å². The van der Waals surface area contributed by atoms with Gasteiger partial charge < -0.3 is 20.3 Å². The average Bonchev–Trinajstić information content (AvgIpc) is 3.29. The molecule has 1 aromatic rings. The molecule has 0 aromatic heterocycles. The van der Waals surface area contributed by atoms with E-state index in [-0.39, 0.29) is 30.1 Å². The van der Waals surface area contributed by atoms with E-state index in [0.717, 1.165) is 57.0 Å². The summed E-state index contributed by atoms with van der Waals surface area (Å²) in [6, 6.07) is 8.52. The molecule has 2 atom stereocenters. The van der Waals surface area contributed by atoms with Crippen molar-refractivity contribution in [3.05, 3.63) is 29.8 Å². The van der Waals surface area contributed by atoms with Gasteiger partial charge in [0.05, 0.1) is 6.54 Å². The van der Waals surface area contributed by atoms with Crippen molar-refractivity contribution in [3.63, 3.8) is 0 Å². The first-order valence-corrected chi connectivity index (χ1v) is 10.3. The van der Waals surface area contributed by atoms with Crippen LogP contribution in [0.3, 0.4) is 0 Å². The number of likely N-dealkylation sites (tertiary alicyclic amines) is 1. The summed E-state index contributed by atoms with van der Waals surface area (Å²) in [7, 11) is 0. The van der Waals surface area contributed by atoms with Gasteiger partial charge in [-0.1, -0.05) is 25.1 Å². The predicted octanol–water partition coefficient (Wildman–Crippen LogP) is 2.95. The van der Waals surface area contributed by atoms with Crippen LogP contribution in [-0.2, 0) is 11.2 Å². The van der Waals surface area contributed by atoms with Crippen LogP contribution in [0.25, 0.3) is 0 Å². The molecule has 2 aliphatic rings. The number of aliphatic imine (C=N–C) groups is 1. The van der Waals surface area contributed by atoms with Crippen molar-refractivity contribution in [3.8, 4) is 5.75 Å². The predicted molar refractivity (Wildman–Crippen MR) is 124 cm³/mol. The molecule has 1 amide bonds. The number of halogens is 1. The van der Waals surface area contributed by atoms with Crippen molar-refractivity contribution in [2.45, 2.75) is 58.1 Å². The van der Waals surface area contributed by atoms with E-state index in [2.05, 4.69) is 41.5 Å². The standard InChI is InChI=1S/C21H32N4O2.HI/c1-3-17(25-13-7-10-20(25)26)11-12-23-21(22-4-2)24-15-18-14-16-8-5-6-9-19(16)27-18;/h5-6,8-9,17-18H,3-4,7,10-15H2,1-2H3,(H2,22,23,24);1H. The van der Waals surface area contributed by atoms with Crippen molar-refractivity contribution >= 4 is 35.8 Å². The van der Waals surface area contributed by atoms with E-state index in [1.54, 1.807) is 0 Å². The minimum atomic E-state index is 0. The van der Waals surface area contributed by atoms with Gasteiger partial charge in [0, 0.05) is 38.5 Å². The maximum Gasteiger partial charge on any atom is 0.222 e. The SMILES string of the molecule is CCNC(=NCC1Cc2ccccc2O1)NCCC(CC)N1CCCC1=O.I. The van der Waals surface area contributed by atoms with Crippen LogP contribution in [0.5, 0.6) is 5.75 Å². The zero-order chi connectivity index (χ0) is 19.1. The number of hydrogen-bond donors (Lipinski definition) is 2. The Morgan fingerprint density at radius 1 is 1.32 bits per heavy atom. The summed E-state index contributed by atoms with van der Waals surface area (Å²) in [6.45, 7) is 7.39. The molecule has 0 saturated carbocycles. The number of amides is 1. The lowest BCUT2D eigenvalue weighted by Gasteiger charge is -2.27. The Morgan fingerprint density at radius 3 is 2.82 bits per heavy atom. The fraction of sp³-hybridized carbons (Fsp3) is 0.619. The molecular formula is C21H33IN4O2. The first-order valence-electron chi connectivity index (χ1n) is 10.3. The van der Waals surface area contributed by atoms with Gasteiger partial charge in [0.2, 0.25) is 5.91 Å². The molecule has 3 rings (SSSR count). The molecule has 6 nitrogen and oxygen atoms in total. The number of nitrogens with one attached hydrogen (secondary N) is 2. The zero-order valence-electron chi connectivity index (χ0n) is 16.9. The first-order chi connectivity index (χ1) is 13.2. The van der Waals surface area contributed by atoms with Crippen LogP contribution in [0.1, 0.15) is 45.1 Å². The topological polar surface area (TPSA) is 66.0 Å². The van der Waals surface area contributed by atoms with E-state index in [4.69, 9.17) is 9.73 Å². The van der Waals surface area contributed by atoms with Gasteiger partial charge in [0.25, 0.3) is 0 Å². The third-order valence-corrected chi connectivity index (χ3v) is 5.30. The number of fused-ring (bicyclic) bond motifs is 1. The fourth-order valence-corrected chi connectivity index (χ4v) is 3.88. The second kappa shape index (κ2) is 11.5. The number of carbonyl (C=O) groups excluding carboxylic acids is 1. The van der Waals surface area contributed by atoms with Gasteiger partial charge in [0.1, 0.15) is 11.9 Å². The lowest BCUT2D eigenvalue weighted by atomic mass is 10.1. The molecule has 1 aromatic carbocycles. The highest BCUT2D eigenvalue weighted by Crippen LogP contribution is 2.28. The van der Waals surface area contributed by atoms with Gasteiger partial charge in [-0.2, -0.15) is 0 Å². The van der Waals surface area contributed by atoms with E-state index < -0.39 is 0 Å². The number of carbonyl (C=O) groups is 1. The molecule has 156 valence electrons. The van der Waals surface area contributed by atoms with Gasteiger partial charge in [-0.15, -0.1) is 24.0 Å². The van der Waals surface area contributed by atoms with E-state index in [9.17, 15) is 4.79 Å². The molecule has 2 heterocycles. The summed E-state index contributed by atoms with van der Waals surface area (Å²) in [5.74, 6) is 2.11. The molecule has 7 heteroatoms. The van der Waals surface area contributed by atoms with Gasteiger partial charge in [0.15, 0.2) is 5.96 Å². The molecule has 2 N–H and O–H groups in total. The highest BCUT2D eigenvalue weighted by Gasteiger charge is 2.26. The maximum absolute atomic E-state index is 12.0. The molecule has 2 unspecified atom stereocenters. The molecule has 0 radical (unpaired) electrons. The molecule has 1 fully saturated rings. The Hall–Kier alpha value is -1.51. The minimum Gasteiger partial charge on any atom is -0.488 e. The average molecular weight is 500 g/mol. The molecule has 0 aliphatic carbocycles. The highest BCUT2D eigenvalue weighted by atomic mass is 127.